The minimum Gasteiger partial charge on any atom is -0.373 e. The minimum atomic E-state index is -0.519. The Morgan fingerprint density at radius 2 is 2.15 bits per heavy atom. The number of ether oxygens (including phenoxy) is 3. The summed E-state index contributed by atoms with van der Waals surface area (Å²) in [6.07, 6.45) is 1.37. The van der Waals surface area contributed by atoms with Crippen molar-refractivity contribution in [3.63, 3.8) is 0 Å². The summed E-state index contributed by atoms with van der Waals surface area (Å²) in [5.74, 6) is -0.360. The molecule has 1 unspecified atom stereocenters. The van der Waals surface area contributed by atoms with Crippen molar-refractivity contribution < 1.29 is 19.0 Å². The lowest BCUT2D eigenvalue weighted by atomic mass is 9.90. The Kier molecular flexibility index (Phi) is 2.36. The van der Waals surface area contributed by atoms with Crippen LogP contribution in [0.15, 0.2) is 0 Å². The fourth-order valence-electron chi connectivity index (χ4n) is 1.95. The highest BCUT2D eigenvalue weighted by Gasteiger charge is 2.44. The molecule has 0 N–H and O–H groups in total. The molecule has 1 saturated carbocycles. The van der Waals surface area contributed by atoms with Crippen molar-refractivity contribution in [3.05, 3.63) is 0 Å². The molecule has 1 spiro atoms. The van der Waals surface area contributed by atoms with E-state index in [9.17, 15) is 4.79 Å². The van der Waals surface area contributed by atoms with Gasteiger partial charge in [-0.2, -0.15) is 0 Å². The van der Waals surface area contributed by atoms with Gasteiger partial charge in [-0.05, 0) is 0 Å². The second kappa shape index (κ2) is 3.36. The normalized spacial score (nSPS) is 32.7. The topological polar surface area (TPSA) is 44.8 Å². The number of rotatable bonds is 1. The number of carbonyl (C=O) groups excluding carboxylic acids is 1. The number of hydrogen-bond donors (Lipinski definition) is 0. The average Bonchev–Trinajstić information content (AvgIpc) is 2.59. The van der Waals surface area contributed by atoms with Crippen LogP contribution in [0.1, 0.15) is 19.3 Å². The summed E-state index contributed by atoms with van der Waals surface area (Å²) < 4.78 is 16.1. The third-order valence-electron chi connectivity index (χ3n) is 2.71. The van der Waals surface area contributed by atoms with E-state index in [1.807, 2.05) is 0 Å². The van der Waals surface area contributed by atoms with Crippen LogP contribution >= 0.6 is 0 Å². The van der Waals surface area contributed by atoms with Crippen molar-refractivity contribution in [2.24, 2.45) is 0 Å². The van der Waals surface area contributed by atoms with Gasteiger partial charge in [0.2, 0.25) is 0 Å². The van der Waals surface area contributed by atoms with Gasteiger partial charge in [-0.25, -0.2) is 0 Å². The molecule has 1 saturated heterocycles. The van der Waals surface area contributed by atoms with E-state index in [-0.39, 0.29) is 11.9 Å². The van der Waals surface area contributed by atoms with E-state index < -0.39 is 5.79 Å². The quantitative estimate of drug-likeness (QED) is 0.598. The molecule has 74 valence electrons. The lowest BCUT2D eigenvalue weighted by molar-refractivity contribution is -0.199. The van der Waals surface area contributed by atoms with Crippen LogP contribution in [0, 0.1) is 0 Å². The van der Waals surface area contributed by atoms with Crippen LogP contribution in [-0.4, -0.2) is 38.0 Å². The molecule has 0 aromatic heterocycles. The molecule has 0 aromatic rings. The highest BCUT2D eigenvalue weighted by atomic mass is 16.7. The summed E-state index contributed by atoms with van der Waals surface area (Å²) in [5, 5.41) is 0. The molecule has 1 aliphatic heterocycles. The summed E-state index contributed by atoms with van der Waals surface area (Å²) in [6, 6.07) is 0. The van der Waals surface area contributed by atoms with Gasteiger partial charge in [0.1, 0.15) is 6.10 Å². The predicted octanol–water partition coefficient (Wildman–Crippen LogP) is 0.497. The van der Waals surface area contributed by atoms with Gasteiger partial charge in [-0.1, -0.05) is 0 Å². The van der Waals surface area contributed by atoms with Crippen molar-refractivity contribution in [1.82, 2.24) is 0 Å². The van der Waals surface area contributed by atoms with Crippen molar-refractivity contribution in [2.75, 3.05) is 20.3 Å². The second-order valence-electron chi connectivity index (χ2n) is 3.50. The standard InChI is InChI=1S/C9H14O4/c1-11-8-6-9(3-2-7(8)10)12-4-5-13-9/h8H,2-6H2,1H3. The van der Waals surface area contributed by atoms with E-state index in [1.54, 1.807) is 7.11 Å². The molecular weight excluding hydrogens is 172 g/mol. The Labute approximate surface area is 77.1 Å². The Balaban J connectivity index is 2.05. The molecule has 2 rings (SSSR count). The molecule has 1 atom stereocenters. The van der Waals surface area contributed by atoms with E-state index in [2.05, 4.69) is 0 Å². The number of Topliss-reactive ketones (excluding diaryl/α,β-unsaturated/α-hetero) is 1. The molecular formula is C9H14O4. The zero-order chi connectivity index (χ0) is 9.31. The summed E-state index contributed by atoms with van der Waals surface area (Å²) in [4.78, 5) is 11.3. The Hall–Kier alpha value is -0.450. The summed E-state index contributed by atoms with van der Waals surface area (Å²) in [5.41, 5.74) is 0. The first-order valence-corrected chi connectivity index (χ1v) is 4.59. The van der Waals surface area contributed by atoms with E-state index in [0.29, 0.717) is 32.5 Å². The van der Waals surface area contributed by atoms with E-state index in [1.165, 1.54) is 0 Å². The van der Waals surface area contributed by atoms with Crippen LogP contribution in [0.3, 0.4) is 0 Å². The lowest BCUT2D eigenvalue weighted by Gasteiger charge is -2.34. The van der Waals surface area contributed by atoms with E-state index >= 15 is 0 Å². The lowest BCUT2D eigenvalue weighted by Crippen LogP contribution is -2.44. The first kappa shape index (κ1) is 9.12. The SMILES string of the molecule is COC1CC2(CCC1=O)OCCO2. The molecule has 0 radical (unpaired) electrons. The Morgan fingerprint density at radius 3 is 2.77 bits per heavy atom. The smallest absolute Gasteiger partial charge is 0.171 e. The van der Waals surface area contributed by atoms with E-state index in [4.69, 9.17) is 14.2 Å². The maximum atomic E-state index is 11.3. The number of carbonyl (C=O) groups is 1. The maximum Gasteiger partial charge on any atom is 0.171 e. The highest BCUT2D eigenvalue weighted by molar-refractivity contribution is 5.84. The average molecular weight is 186 g/mol. The predicted molar refractivity (Wildman–Crippen MR) is 44.3 cm³/mol. The van der Waals surface area contributed by atoms with Crippen LogP contribution < -0.4 is 0 Å². The van der Waals surface area contributed by atoms with Gasteiger partial charge in [0.05, 0.1) is 13.2 Å². The third-order valence-corrected chi connectivity index (χ3v) is 2.71. The number of ketones is 1. The van der Waals surface area contributed by atoms with Crippen LogP contribution in [0.4, 0.5) is 0 Å². The van der Waals surface area contributed by atoms with Crippen LogP contribution in [0.25, 0.3) is 0 Å². The molecule has 4 heteroatoms. The van der Waals surface area contributed by atoms with Gasteiger partial charge in [-0.3, -0.25) is 4.79 Å². The minimum absolute atomic E-state index is 0.159. The van der Waals surface area contributed by atoms with Crippen LogP contribution in [0.2, 0.25) is 0 Å². The van der Waals surface area contributed by atoms with Gasteiger partial charge in [0.25, 0.3) is 0 Å². The van der Waals surface area contributed by atoms with Crippen molar-refractivity contribution in [1.29, 1.82) is 0 Å². The van der Waals surface area contributed by atoms with Gasteiger partial charge in [0, 0.05) is 26.4 Å². The monoisotopic (exact) mass is 186 g/mol. The first-order chi connectivity index (χ1) is 6.26. The van der Waals surface area contributed by atoms with Crippen LogP contribution in [-0.2, 0) is 19.0 Å². The van der Waals surface area contributed by atoms with Gasteiger partial charge in [0.15, 0.2) is 11.6 Å². The largest absolute Gasteiger partial charge is 0.373 e. The Bertz CT molecular complexity index is 208. The maximum absolute atomic E-state index is 11.3. The molecule has 1 aliphatic carbocycles. The zero-order valence-electron chi connectivity index (χ0n) is 7.75. The fourth-order valence-corrected chi connectivity index (χ4v) is 1.95. The number of hydrogen-bond acceptors (Lipinski definition) is 4. The first-order valence-electron chi connectivity index (χ1n) is 4.59. The summed E-state index contributed by atoms with van der Waals surface area (Å²) in [7, 11) is 1.55. The molecule has 2 aliphatic rings. The fraction of sp³-hybridized carbons (Fsp3) is 0.889. The van der Waals surface area contributed by atoms with Crippen molar-refractivity contribution in [2.45, 2.75) is 31.2 Å². The van der Waals surface area contributed by atoms with Crippen LogP contribution in [0.5, 0.6) is 0 Å². The van der Waals surface area contributed by atoms with Crippen molar-refractivity contribution >= 4 is 5.78 Å². The highest BCUT2D eigenvalue weighted by Crippen LogP contribution is 2.35. The molecule has 0 aromatic carbocycles. The van der Waals surface area contributed by atoms with Gasteiger partial charge in [-0.15, -0.1) is 0 Å². The molecule has 4 nitrogen and oxygen atoms in total. The third kappa shape index (κ3) is 1.61. The number of methoxy groups -OCH3 is 1. The molecule has 0 bridgehead atoms. The molecule has 13 heavy (non-hydrogen) atoms. The molecule has 0 amide bonds. The molecule has 1 heterocycles. The van der Waals surface area contributed by atoms with Gasteiger partial charge < -0.3 is 14.2 Å². The summed E-state index contributed by atoms with van der Waals surface area (Å²) >= 11 is 0. The van der Waals surface area contributed by atoms with E-state index in [0.717, 1.165) is 0 Å². The summed E-state index contributed by atoms with van der Waals surface area (Å²) in [6.45, 7) is 1.26. The zero-order valence-corrected chi connectivity index (χ0v) is 7.75. The molecule has 2 fully saturated rings. The van der Waals surface area contributed by atoms with Gasteiger partial charge >= 0.3 is 0 Å². The second-order valence-corrected chi connectivity index (χ2v) is 3.50. The van der Waals surface area contributed by atoms with Crippen molar-refractivity contribution in [3.8, 4) is 0 Å². The Morgan fingerprint density at radius 1 is 1.46 bits per heavy atom.